The maximum absolute atomic E-state index is 5.43. The number of fused-ring (bicyclic) bond motifs is 1. The van der Waals surface area contributed by atoms with Gasteiger partial charge in [0, 0.05) is 0 Å². The minimum absolute atomic E-state index is 0.346. The van der Waals surface area contributed by atoms with E-state index in [4.69, 9.17) is 5.73 Å². The van der Waals surface area contributed by atoms with E-state index in [1.54, 1.807) is 17.5 Å². The van der Waals surface area contributed by atoms with Gasteiger partial charge in [-0.15, -0.1) is 11.3 Å². The molecule has 0 amide bonds. The van der Waals surface area contributed by atoms with E-state index in [0.717, 1.165) is 10.2 Å². The molecule has 0 bridgehead atoms. The number of aryl methyl sites for hydroxylation is 1. The zero-order valence-electron chi connectivity index (χ0n) is 6.03. The fourth-order valence-electron chi connectivity index (χ4n) is 0.961. The smallest absolute Gasteiger partial charge is 0.220 e. The molecule has 3 nitrogen and oxygen atoms in total. The van der Waals surface area contributed by atoms with Gasteiger partial charge in [0.25, 0.3) is 0 Å². The van der Waals surface area contributed by atoms with Crippen molar-refractivity contribution in [3.8, 4) is 0 Å². The summed E-state index contributed by atoms with van der Waals surface area (Å²) in [6.07, 6.45) is 1.76. The van der Waals surface area contributed by atoms with Gasteiger partial charge in [0.15, 0.2) is 0 Å². The van der Waals surface area contributed by atoms with E-state index in [9.17, 15) is 0 Å². The van der Waals surface area contributed by atoms with Crippen molar-refractivity contribution in [1.82, 2.24) is 9.97 Å². The van der Waals surface area contributed by atoms with Crippen LogP contribution in [0.4, 0.5) is 5.95 Å². The third-order valence-corrected chi connectivity index (χ3v) is 2.53. The van der Waals surface area contributed by atoms with Crippen molar-refractivity contribution in [2.75, 3.05) is 5.73 Å². The summed E-state index contributed by atoms with van der Waals surface area (Å²) in [6, 6.07) is 0. The van der Waals surface area contributed by atoms with Crippen molar-refractivity contribution >= 4 is 27.5 Å². The lowest BCUT2D eigenvalue weighted by Gasteiger charge is -1.91. The lowest BCUT2D eigenvalue weighted by molar-refractivity contribution is 1.24. The van der Waals surface area contributed by atoms with Gasteiger partial charge in [0.2, 0.25) is 5.95 Å². The van der Waals surface area contributed by atoms with Crippen LogP contribution in [0.5, 0.6) is 0 Å². The summed E-state index contributed by atoms with van der Waals surface area (Å²) < 4.78 is 1.09. The first-order valence-electron chi connectivity index (χ1n) is 3.23. The number of hydrogen-bond acceptors (Lipinski definition) is 4. The van der Waals surface area contributed by atoms with Crippen molar-refractivity contribution in [1.29, 1.82) is 0 Å². The average molecular weight is 165 g/mol. The molecule has 2 aromatic rings. The quantitative estimate of drug-likeness (QED) is 0.644. The van der Waals surface area contributed by atoms with E-state index < -0.39 is 0 Å². The van der Waals surface area contributed by atoms with Crippen LogP contribution in [0.3, 0.4) is 0 Å². The molecule has 2 aromatic heterocycles. The van der Waals surface area contributed by atoms with E-state index in [2.05, 4.69) is 15.3 Å². The lowest BCUT2D eigenvalue weighted by Crippen LogP contribution is -1.92. The highest BCUT2D eigenvalue weighted by Gasteiger charge is 2.01. The number of nitrogens with two attached hydrogens (primary N) is 1. The molecule has 0 aliphatic carbocycles. The highest BCUT2D eigenvalue weighted by molar-refractivity contribution is 7.17. The van der Waals surface area contributed by atoms with Gasteiger partial charge < -0.3 is 5.73 Å². The van der Waals surface area contributed by atoms with Crippen LogP contribution < -0.4 is 5.73 Å². The zero-order chi connectivity index (χ0) is 7.84. The predicted molar refractivity (Wildman–Crippen MR) is 46.6 cm³/mol. The molecule has 0 radical (unpaired) electrons. The molecule has 0 atom stereocenters. The molecular weight excluding hydrogens is 158 g/mol. The summed E-state index contributed by atoms with van der Waals surface area (Å²) in [5.41, 5.74) is 7.57. The molecule has 0 spiro atoms. The van der Waals surface area contributed by atoms with Crippen molar-refractivity contribution in [2.24, 2.45) is 0 Å². The molecule has 0 aliphatic rings. The number of anilines is 1. The summed E-state index contributed by atoms with van der Waals surface area (Å²) in [5, 5.41) is 2.05. The van der Waals surface area contributed by atoms with Crippen LogP contribution in [0.1, 0.15) is 5.56 Å². The van der Waals surface area contributed by atoms with Crippen LogP contribution in [0, 0.1) is 6.92 Å². The summed E-state index contributed by atoms with van der Waals surface area (Å²) >= 11 is 1.64. The largest absolute Gasteiger partial charge is 0.368 e. The Bertz CT molecular complexity index is 393. The molecule has 0 saturated carbocycles. The number of rotatable bonds is 0. The number of nitrogen functional groups attached to an aromatic ring is 1. The van der Waals surface area contributed by atoms with Gasteiger partial charge >= 0.3 is 0 Å². The number of nitrogens with zero attached hydrogens (tertiary/aromatic N) is 2. The number of aromatic nitrogens is 2. The maximum atomic E-state index is 5.43. The Morgan fingerprint density at radius 3 is 3.18 bits per heavy atom. The minimum Gasteiger partial charge on any atom is -0.368 e. The van der Waals surface area contributed by atoms with Gasteiger partial charge in [0.05, 0.1) is 16.4 Å². The lowest BCUT2D eigenvalue weighted by atomic mass is 10.3. The van der Waals surface area contributed by atoms with Gasteiger partial charge in [-0.1, -0.05) is 0 Å². The van der Waals surface area contributed by atoms with E-state index >= 15 is 0 Å². The Labute approximate surface area is 67.9 Å². The van der Waals surface area contributed by atoms with Crippen LogP contribution in [-0.2, 0) is 0 Å². The summed E-state index contributed by atoms with van der Waals surface area (Å²) in [5.74, 6) is 0.346. The van der Waals surface area contributed by atoms with E-state index in [0.29, 0.717) is 5.95 Å². The Kier molecular flexibility index (Phi) is 1.29. The Morgan fingerprint density at radius 1 is 1.55 bits per heavy atom. The Hall–Kier alpha value is -1.16. The molecule has 0 aromatic carbocycles. The minimum atomic E-state index is 0.346. The van der Waals surface area contributed by atoms with Crippen molar-refractivity contribution < 1.29 is 0 Å². The predicted octanol–water partition coefficient (Wildman–Crippen LogP) is 1.58. The molecule has 0 saturated heterocycles. The molecule has 4 heteroatoms. The first-order valence-corrected chi connectivity index (χ1v) is 4.11. The van der Waals surface area contributed by atoms with Gasteiger partial charge in [-0.3, -0.25) is 0 Å². The molecule has 0 unspecified atom stereocenters. The standard InChI is InChI=1S/C7H7N3S/c1-4-3-11-5-2-9-7(8)10-6(4)5/h2-3H,1H3,(H2,8,9,10). The van der Waals surface area contributed by atoms with Crippen LogP contribution in [-0.4, -0.2) is 9.97 Å². The Morgan fingerprint density at radius 2 is 2.36 bits per heavy atom. The monoisotopic (exact) mass is 165 g/mol. The molecule has 2 N–H and O–H groups in total. The number of hydrogen-bond donors (Lipinski definition) is 1. The topological polar surface area (TPSA) is 51.8 Å². The van der Waals surface area contributed by atoms with Gasteiger partial charge in [-0.05, 0) is 17.9 Å². The van der Waals surface area contributed by atoms with Crippen LogP contribution in [0.2, 0.25) is 0 Å². The van der Waals surface area contributed by atoms with Crippen LogP contribution in [0.15, 0.2) is 11.6 Å². The normalized spacial score (nSPS) is 10.6. The molecule has 0 fully saturated rings. The van der Waals surface area contributed by atoms with Crippen molar-refractivity contribution in [2.45, 2.75) is 6.92 Å². The molecular formula is C7H7N3S. The second kappa shape index (κ2) is 2.17. The molecule has 56 valence electrons. The molecule has 0 aliphatic heterocycles. The van der Waals surface area contributed by atoms with Crippen LogP contribution >= 0.6 is 11.3 Å². The fraction of sp³-hybridized carbons (Fsp3) is 0.143. The maximum Gasteiger partial charge on any atom is 0.220 e. The first kappa shape index (κ1) is 6.54. The van der Waals surface area contributed by atoms with Gasteiger partial charge in [-0.2, -0.15) is 0 Å². The highest BCUT2D eigenvalue weighted by Crippen LogP contribution is 2.22. The van der Waals surface area contributed by atoms with E-state index in [1.165, 1.54) is 5.56 Å². The second-order valence-corrected chi connectivity index (χ2v) is 3.27. The van der Waals surface area contributed by atoms with Gasteiger partial charge in [-0.25, -0.2) is 9.97 Å². The highest BCUT2D eigenvalue weighted by atomic mass is 32.1. The van der Waals surface area contributed by atoms with E-state index in [-0.39, 0.29) is 0 Å². The zero-order valence-corrected chi connectivity index (χ0v) is 6.85. The van der Waals surface area contributed by atoms with Crippen LogP contribution in [0.25, 0.3) is 10.2 Å². The second-order valence-electron chi connectivity index (χ2n) is 2.36. The third kappa shape index (κ3) is 0.952. The van der Waals surface area contributed by atoms with Gasteiger partial charge in [0.1, 0.15) is 0 Å². The molecule has 2 heterocycles. The van der Waals surface area contributed by atoms with Crippen molar-refractivity contribution in [3.63, 3.8) is 0 Å². The molecule has 11 heavy (non-hydrogen) atoms. The summed E-state index contributed by atoms with van der Waals surface area (Å²) in [7, 11) is 0. The third-order valence-electron chi connectivity index (χ3n) is 1.51. The van der Waals surface area contributed by atoms with Crippen molar-refractivity contribution in [3.05, 3.63) is 17.1 Å². The fourth-order valence-corrected chi connectivity index (χ4v) is 1.81. The van der Waals surface area contributed by atoms with E-state index in [1.807, 2.05) is 6.92 Å². The first-order chi connectivity index (χ1) is 5.27. The Balaban J connectivity index is 2.87. The number of thiophene rings is 1. The SMILES string of the molecule is Cc1csc2cnc(N)nc12. The summed E-state index contributed by atoms with van der Waals surface area (Å²) in [6.45, 7) is 2.02. The molecule has 2 rings (SSSR count). The summed E-state index contributed by atoms with van der Waals surface area (Å²) in [4.78, 5) is 8.01. The average Bonchev–Trinajstić information content (AvgIpc) is 2.33.